The van der Waals surface area contributed by atoms with E-state index in [4.69, 9.17) is 9.72 Å². The number of pyridine rings is 1. The summed E-state index contributed by atoms with van der Waals surface area (Å²) in [5, 5.41) is 17.0. The van der Waals surface area contributed by atoms with E-state index in [9.17, 15) is 10.1 Å². The average Bonchev–Trinajstić information content (AvgIpc) is 3.75. The van der Waals surface area contributed by atoms with Gasteiger partial charge < -0.3 is 29.7 Å². The van der Waals surface area contributed by atoms with Crippen LogP contribution in [0.15, 0.2) is 55.5 Å². The van der Waals surface area contributed by atoms with Crippen molar-refractivity contribution < 1.29 is 9.53 Å². The maximum absolute atomic E-state index is 12.3. The minimum atomic E-state index is -0.332. The fourth-order valence-corrected chi connectivity index (χ4v) is 4.66. The van der Waals surface area contributed by atoms with Crippen molar-refractivity contribution in [3.63, 3.8) is 0 Å². The first-order chi connectivity index (χ1) is 19.8. The van der Waals surface area contributed by atoms with Crippen LogP contribution in [0.25, 0.3) is 22.3 Å². The highest BCUT2D eigenvalue weighted by molar-refractivity contribution is 6.02. The smallest absolute Gasteiger partial charge is 0.247 e. The Morgan fingerprint density at radius 2 is 2.05 bits per heavy atom. The van der Waals surface area contributed by atoms with Gasteiger partial charge in [0, 0.05) is 55.6 Å². The maximum Gasteiger partial charge on any atom is 0.247 e. The number of hydrogen-bond acceptors (Lipinski definition) is 9. The second-order valence-corrected chi connectivity index (χ2v) is 10.2. The van der Waals surface area contributed by atoms with Gasteiger partial charge in [0.05, 0.1) is 41.6 Å². The second kappa shape index (κ2) is 11.7. The molecule has 0 unspecified atom stereocenters. The summed E-state index contributed by atoms with van der Waals surface area (Å²) in [6.45, 7) is 5.13. The molecule has 0 bridgehead atoms. The fourth-order valence-electron chi connectivity index (χ4n) is 4.66. The summed E-state index contributed by atoms with van der Waals surface area (Å²) in [6.07, 6.45) is 8.75. The number of likely N-dealkylation sites (N-methyl/N-ethyl adjacent to an activating group) is 2. The molecule has 3 aromatic heterocycles. The summed E-state index contributed by atoms with van der Waals surface area (Å²) < 4.78 is 7.89. The number of carbonyl (C=O) groups is 1. The molecule has 210 valence electrons. The Labute approximate surface area is 239 Å². The number of ether oxygens (including phenoxy) is 1. The number of anilines is 4. The molecule has 11 nitrogen and oxygen atoms in total. The van der Waals surface area contributed by atoms with Crippen LogP contribution in [-0.4, -0.2) is 71.7 Å². The zero-order chi connectivity index (χ0) is 29.1. The van der Waals surface area contributed by atoms with Crippen LogP contribution in [0.5, 0.6) is 5.75 Å². The molecule has 1 aliphatic rings. The predicted molar refractivity (Wildman–Crippen MR) is 161 cm³/mol. The molecule has 1 fully saturated rings. The van der Waals surface area contributed by atoms with E-state index in [2.05, 4.69) is 42.7 Å². The molecule has 0 radical (unpaired) electrons. The first kappa shape index (κ1) is 27.6. The van der Waals surface area contributed by atoms with E-state index in [1.165, 1.54) is 12.3 Å². The fraction of sp³-hybridized carbons (Fsp3) is 0.300. The molecule has 1 aliphatic carbocycles. The minimum absolute atomic E-state index is 0.281. The van der Waals surface area contributed by atoms with E-state index in [1.54, 1.807) is 19.4 Å². The monoisotopic (exact) mass is 551 g/mol. The Hall–Kier alpha value is -4.95. The second-order valence-electron chi connectivity index (χ2n) is 10.2. The van der Waals surface area contributed by atoms with E-state index < -0.39 is 0 Å². The van der Waals surface area contributed by atoms with Crippen molar-refractivity contribution in [1.29, 1.82) is 5.26 Å². The van der Waals surface area contributed by atoms with Gasteiger partial charge in [-0.1, -0.05) is 6.58 Å². The highest BCUT2D eigenvalue weighted by Crippen LogP contribution is 2.42. The number of nitriles is 1. The molecule has 3 heterocycles. The van der Waals surface area contributed by atoms with E-state index >= 15 is 0 Å². The zero-order valence-corrected chi connectivity index (χ0v) is 23.7. The number of methoxy groups -OCH3 is 1. The third-order valence-electron chi connectivity index (χ3n) is 7.00. The number of benzene rings is 1. The Morgan fingerprint density at radius 3 is 2.73 bits per heavy atom. The molecule has 41 heavy (non-hydrogen) atoms. The van der Waals surface area contributed by atoms with Crippen LogP contribution >= 0.6 is 0 Å². The van der Waals surface area contributed by atoms with Gasteiger partial charge >= 0.3 is 0 Å². The van der Waals surface area contributed by atoms with Crippen LogP contribution in [0.3, 0.4) is 0 Å². The largest absolute Gasteiger partial charge is 0.494 e. The van der Waals surface area contributed by atoms with Crippen molar-refractivity contribution in [2.24, 2.45) is 0 Å². The van der Waals surface area contributed by atoms with Gasteiger partial charge in [0.1, 0.15) is 17.5 Å². The van der Waals surface area contributed by atoms with Crippen molar-refractivity contribution in [1.82, 2.24) is 24.4 Å². The number of fused-ring (bicyclic) bond motifs is 1. The normalized spacial score (nSPS) is 12.7. The minimum Gasteiger partial charge on any atom is -0.494 e. The van der Waals surface area contributed by atoms with Crippen LogP contribution in [0.2, 0.25) is 0 Å². The lowest BCUT2D eigenvalue weighted by molar-refractivity contribution is -0.111. The highest BCUT2D eigenvalue weighted by Gasteiger charge is 2.27. The molecule has 0 atom stereocenters. The molecule has 11 heteroatoms. The molecule has 1 amide bonds. The van der Waals surface area contributed by atoms with E-state index in [1.807, 2.05) is 50.4 Å². The quantitative estimate of drug-likeness (QED) is 0.258. The van der Waals surface area contributed by atoms with Crippen molar-refractivity contribution in [3.05, 3.63) is 61.1 Å². The summed E-state index contributed by atoms with van der Waals surface area (Å²) >= 11 is 0. The van der Waals surface area contributed by atoms with Crippen LogP contribution in [0.1, 0.15) is 24.4 Å². The molecule has 0 spiro atoms. The van der Waals surface area contributed by atoms with E-state index in [-0.39, 0.29) is 11.9 Å². The maximum atomic E-state index is 12.3. The lowest BCUT2D eigenvalue weighted by atomic mass is 10.1. The number of carbonyl (C=O) groups excluding carboxylic acids is 1. The Morgan fingerprint density at radius 1 is 1.24 bits per heavy atom. The lowest BCUT2D eigenvalue weighted by Gasteiger charge is -2.26. The first-order valence-corrected chi connectivity index (χ1v) is 13.3. The Kier molecular flexibility index (Phi) is 7.85. The van der Waals surface area contributed by atoms with Crippen molar-refractivity contribution in [2.45, 2.75) is 18.9 Å². The summed E-state index contributed by atoms with van der Waals surface area (Å²) in [7, 11) is 7.55. The highest BCUT2D eigenvalue weighted by atomic mass is 16.5. The third-order valence-corrected chi connectivity index (χ3v) is 7.00. The standard InChI is InChI=1S/C30H33N9O2/c1-6-27(40)34-23-14-24(26(41-5)15-25(23)38(4)13-12-37(2)3)35-30-33-17-19(16-31)28(36-30)22-18-39(20-9-10-20)29-21(22)8-7-11-32-29/h6-8,11,14-15,17-18,20H,1,9-10,12-13H2,2-5H3,(H,34,40)(H,33,35,36). The molecule has 1 aromatic carbocycles. The van der Waals surface area contributed by atoms with Crippen LogP contribution in [-0.2, 0) is 4.79 Å². The number of hydrogen-bond donors (Lipinski definition) is 2. The van der Waals surface area contributed by atoms with Gasteiger partial charge in [-0.05, 0) is 51.2 Å². The summed E-state index contributed by atoms with van der Waals surface area (Å²) in [4.78, 5) is 30.2. The van der Waals surface area contributed by atoms with Gasteiger partial charge in [-0.25, -0.2) is 15.0 Å². The van der Waals surface area contributed by atoms with Gasteiger partial charge in [0.2, 0.25) is 11.9 Å². The number of nitrogens with zero attached hydrogens (tertiary/aromatic N) is 7. The van der Waals surface area contributed by atoms with Crippen molar-refractivity contribution in [2.75, 3.05) is 56.9 Å². The first-order valence-electron chi connectivity index (χ1n) is 13.3. The molecule has 2 N–H and O–H groups in total. The number of amides is 1. The third kappa shape index (κ3) is 5.83. The van der Waals surface area contributed by atoms with Crippen LogP contribution < -0.4 is 20.3 Å². The Balaban J connectivity index is 1.55. The molecule has 1 saturated carbocycles. The van der Waals surface area contributed by atoms with E-state index in [0.29, 0.717) is 34.4 Å². The van der Waals surface area contributed by atoms with Crippen molar-refractivity contribution in [3.8, 4) is 23.1 Å². The number of nitrogens with one attached hydrogen (secondary N) is 2. The van der Waals surface area contributed by atoms with Gasteiger partial charge in [-0.2, -0.15) is 5.26 Å². The number of rotatable bonds is 11. The van der Waals surface area contributed by atoms with Crippen LogP contribution in [0.4, 0.5) is 23.0 Å². The van der Waals surface area contributed by atoms with Gasteiger partial charge in [0.25, 0.3) is 0 Å². The molecule has 0 aliphatic heterocycles. The summed E-state index contributed by atoms with van der Waals surface area (Å²) in [5.41, 5.74) is 4.48. The summed E-state index contributed by atoms with van der Waals surface area (Å²) in [6, 6.07) is 10.2. The lowest BCUT2D eigenvalue weighted by Crippen LogP contribution is -2.29. The predicted octanol–water partition coefficient (Wildman–Crippen LogP) is 4.57. The Bertz CT molecular complexity index is 1650. The summed E-state index contributed by atoms with van der Waals surface area (Å²) in [5.74, 6) is 0.488. The van der Waals surface area contributed by atoms with Crippen LogP contribution in [0, 0.1) is 11.3 Å². The molecule has 4 aromatic rings. The molecule has 0 saturated heterocycles. The molecular weight excluding hydrogens is 518 g/mol. The SMILES string of the molecule is C=CC(=O)Nc1cc(Nc2ncc(C#N)c(-c3cn(C4CC4)c4ncccc34)n2)c(OC)cc1N(C)CCN(C)C. The topological polar surface area (TPSA) is 124 Å². The van der Waals surface area contributed by atoms with Gasteiger partial charge in [0.15, 0.2) is 0 Å². The zero-order valence-electron chi connectivity index (χ0n) is 23.7. The average molecular weight is 552 g/mol. The molecular formula is C30H33N9O2. The van der Waals surface area contributed by atoms with Gasteiger partial charge in [-0.15, -0.1) is 0 Å². The van der Waals surface area contributed by atoms with E-state index in [0.717, 1.165) is 48.2 Å². The van der Waals surface area contributed by atoms with Gasteiger partial charge in [-0.3, -0.25) is 4.79 Å². The number of aromatic nitrogens is 4. The molecule has 5 rings (SSSR count). The van der Waals surface area contributed by atoms with Crippen molar-refractivity contribution >= 4 is 40.0 Å².